The molecule has 2 heterocycles. The minimum absolute atomic E-state index is 0.684. The highest BCUT2D eigenvalue weighted by Crippen LogP contribution is 2.15. The number of nitrogens with one attached hydrogen (secondary N) is 1. The highest BCUT2D eigenvalue weighted by atomic mass is 15.1. The van der Waals surface area contributed by atoms with Gasteiger partial charge in [0.1, 0.15) is 17.5 Å². The molecule has 0 amide bonds. The summed E-state index contributed by atoms with van der Waals surface area (Å²) in [6.07, 6.45) is 4.97. The van der Waals surface area contributed by atoms with Gasteiger partial charge in [-0.3, -0.25) is 0 Å². The molecule has 19 heavy (non-hydrogen) atoms. The molecule has 2 aromatic rings. The number of hydrogen-bond donors (Lipinski definition) is 1. The van der Waals surface area contributed by atoms with Gasteiger partial charge in [-0.1, -0.05) is 6.92 Å². The standard InChI is InChI=1S/C14H21N5/c1-5-7-19-8-6-15-13(19)9-16-14-10(2)11(3)17-12(4)18-14/h6,8H,5,7,9H2,1-4H3,(H,16,17,18). The van der Waals surface area contributed by atoms with Crippen molar-refractivity contribution in [3.05, 3.63) is 35.3 Å². The lowest BCUT2D eigenvalue weighted by atomic mass is 10.2. The van der Waals surface area contributed by atoms with Crippen molar-refractivity contribution in [3.63, 3.8) is 0 Å². The van der Waals surface area contributed by atoms with Gasteiger partial charge in [0, 0.05) is 30.2 Å². The Labute approximate surface area is 114 Å². The van der Waals surface area contributed by atoms with E-state index >= 15 is 0 Å². The average Bonchev–Trinajstić information content (AvgIpc) is 2.80. The fourth-order valence-electron chi connectivity index (χ4n) is 2.06. The van der Waals surface area contributed by atoms with Gasteiger partial charge < -0.3 is 9.88 Å². The molecule has 0 fully saturated rings. The SMILES string of the molecule is CCCn1ccnc1CNc1nc(C)nc(C)c1C. The molecule has 102 valence electrons. The van der Waals surface area contributed by atoms with E-state index in [0.29, 0.717) is 6.54 Å². The summed E-state index contributed by atoms with van der Waals surface area (Å²) in [4.78, 5) is 13.2. The van der Waals surface area contributed by atoms with E-state index in [-0.39, 0.29) is 0 Å². The van der Waals surface area contributed by atoms with Crippen LogP contribution < -0.4 is 5.32 Å². The van der Waals surface area contributed by atoms with Crippen LogP contribution >= 0.6 is 0 Å². The van der Waals surface area contributed by atoms with Crippen molar-refractivity contribution >= 4 is 5.82 Å². The summed E-state index contributed by atoms with van der Waals surface area (Å²) in [5.74, 6) is 2.73. The first kappa shape index (κ1) is 13.5. The van der Waals surface area contributed by atoms with Crippen molar-refractivity contribution in [2.75, 3.05) is 5.32 Å². The van der Waals surface area contributed by atoms with Gasteiger partial charge in [0.05, 0.1) is 6.54 Å². The number of aryl methyl sites for hydroxylation is 3. The molecule has 0 aliphatic rings. The van der Waals surface area contributed by atoms with Crippen molar-refractivity contribution in [2.45, 2.75) is 47.2 Å². The lowest BCUT2D eigenvalue weighted by Crippen LogP contribution is -2.11. The van der Waals surface area contributed by atoms with Gasteiger partial charge >= 0.3 is 0 Å². The first-order chi connectivity index (χ1) is 9.11. The van der Waals surface area contributed by atoms with E-state index in [4.69, 9.17) is 0 Å². The summed E-state index contributed by atoms with van der Waals surface area (Å²) in [6, 6.07) is 0. The van der Waals surface area contributed by atoms with E-state index in [1.54, 1.807) is 0 Å². The van der Waals surface area contributed by atoms with E-state index < -0.39 is 0 Å². The Morgan fingerprint density at radius 3 is 2.74 bits per heavy atom. The van der Waals surface area contributed by atoms with Crippen molar-refractivity contribution in [1.29, 1.82) is 0 Å². The number of anilines is 1. The molecule has 1 N–H and O–H groups in total. The number of nitrogens with zero attached hydrogens (tertiary/aromatic N) is 4. The zero-order chi connectivity index (χ0) is 13.8. The highest BCUT2D eigenvalue weighted by molar-refractivity contribution is 5.45. The summed E-state index contributed by atoms with van der Waals surface area (Å²) in [6.45, 7) is 9.80. The van der Waals surface area contributed by atoms with Gasteiger partial charge in [0.15, 0.2) is 0 Å². The number of aromatic nitrogens is 4. The van der Waals surface area contributed by atoms with Crippen LogP contribution in [0.5, 0.6) is 0 Å². The van der Waals surface area contributed by atoms with E-state index in [1.165, 1.54) is 0 Å². The summed E-state index contributed by atoms with van der Waals surface area (Å²) in [5.41, 5.74) is 2.12. The zero-order valence-corrected chi connectivity index (χ0v) is 12.1. The molecule has 0 atom stereocenters. The summed E-state index contributed by atoms with van der Waals surface area (Å²) < 4.78 is 2.17. The molecule has 0 radical (unpaired) electrons. The van der Waals surface area contributed by atoms with Gasteiger partial charge in [-0.25, -0.2) is 15.0 Å². The van der Waals surface area contributed by atoms with Crippen LogP contribution in [0, 0.1) is 20.8 Å². The number of imidazole rings is 1. The van der Waals surface area contributed by atoms with E-state index in [1.807, 2.05) is 33.2 Å². The maximum Gasteiger partial charge on any atom is 0.133 e. The van der Waals surface area contributed by atoms with Gasteiger partial charge in [-0.15, -0.1) is 0 Å². The Kier molecular flexibility index (Phi) is 4.14. The van der Waals surface area contributed by atoms with Gasteiger partial charge in [-0.2, -0.15) is 0 Å². The second-order valence-electron chi connectivity index (χ2n) is 4.72. The first-order valence-electron chi connectivity index (χ1n) is 6.67. The van der Waals surface area contributed by atoms with Crippen LogP contribution in [0.15, 0.2) is 12.4 Å². The van der Waals surface area contributed by atoms with Crippen molar-refractivity contribution in [1.82, 2.24) is 19.5 Å². The van der Waals surface area contributed by atoms with Crippen molar-refractivity contribution in [3.8, 4) is 0 Å². The summed E-state index contributed by atoms with van der Waals surface area (Å²) in [7, 11) is 0. The monoisotopic (exact) mass is 259 g/mol. The maximum absolute atomic E-state index is 4.45. The Balaban J connectivity index is 2.12. The summed E-state index contributed by atoms with van der Waals surface area (Å²) >= 11 is 0. The Bertz CT molecular complexity index is 559. The van der Waals surface area contributed by atoms with Crippen LogP contribution in [0.1, 0.15) is 36.3 Å². The molecular weight excluding hydrogens is 238 g/mol. The quantitative estimate of drug-likeness (QED) is 0.896. The van der Waals surface area contributed by atoms with Crippen LogP contribution in [0.4, 0.5) is 5.82 Å². The third kappa shape index (κ3) is 3.10. The van der Waals surface area contributed by atoms with Crippen LogP contribution in [-0.2, 0) is 13.1 Å². The fourth-order valence-corrected chi connectivity index (χ4v) is 2.06. The highest BCUT2D eigenvalue weighted by Gasteiger charge is 2.07. The molecule has 0 aromatic carbocycles. The van der Waals surface area contributed by atoms with E-state index in [9.17, 15) is 0 Å². The van der Waals surface area contributed by atoms with Crippen molar-refractivity contribution < 1.29 is 0 Å². The largest absolute Gasteiger partial charge is 0.363 e. The van der Waals surface area contributed by atoms with Crippen LogP contribution in [0.25, 0.3) is 0 Å². The fraction of sp³-hybridized carbons (Fsp3) is 0.500. The zero-order valence-electron chi connectivity index (χ0n) is 12.1. The smallest absolute Gasteiger partial charge is 0.133 e. The molecule has 2 aromatic heterocycles. The third-order valence-corrected chi connectivity index (χ3v) is 3.18. The van der Waals surface area contributed by atoms with Gasteiger partial charge in [-0.05, 0) is 27.2 Å². The van der Waals surface area contributed by atoms with Crippen LogP contribution in [-0.4, -0.2) is 19.5 Å². The average molecular weight is 259 g/mol. The topological polar surface area (TPSA) is 55.6 Å². The predicted octanol–water partition coefficient (Wildman–Crippen LogP) is 2.62. The lowest BCUT2D eigenvalue weighted by Gasteiger charge is -2.12. The lowest BCUT2D eigenvalue weighted by molar-refractivity contribution is 0.643. The van der Waals surface area contributed by atoms with E-state index in [2.05, 4.69) is 31.8 Å². The Hall–Kier alpha value is -1.91. The molecule has 5 nitrogen and oxygen atoms in total. The summed E-state index contributed by atoms with van der Waals surface area (Å²) in [5, 5.41) is 3.36. The molecule has 2 rings (SSSR count). The van der Waals surface area contributed by atoms with Crippen molar-refractivity contribution in [2.24, 2.45) is 0 Å². The molecule has 0 aliphatic carbocycles. The molecular formula is C14H21N5. The maximum atomic E-state index is 4.45. The predicted molar refractivity (Wildman–Crippen MR) is 76.1 cm³/mol. The van der Waals surface area contributed by atoms with Crippen LogP contribution in [0.2, 0.25) is 0 Å². The number of rotatable bonds is 5. The second-order valence-corrected chi connectivity index (χ2v) is 4.72. The normalized spacial score (nSPS) is 10.7. The minimum Gasteiger partial charge on any atom is -0.363 e. The van der Waals surface area contributed by atoms with Gasteiger partial charge in [0.25, 0.3) is 0 Å². The molecule has 0 aliphatic heterocycles. The Morgan fingerprint density at radius 1 is 1.21 bits per heavy atom. The molecule has 5 heteroatoms. The van der Waals surface area contributed by atoms with E-state index in [0.717, 1.165) is 41.7 Å². The first-order valence-corrected chi connectivity index (χ1v) is 6.67. The molecule has 0 bridgehead atoms. The second kappa shape index (κ2) is 5.82. The molecule has 0 saturated heterocycles. The molecule has 0 saturated carbocycles. The minimum atomic E-state index is 0.684. The molecule has 0 spiro atoms. The Morgan fingerprint density at radius 2 is 2.00 bits per heavy atom. The molecule has 0 unspecified atom stereocenters. The number of hydrogen-bond acceptors (Lipinski definition) is 4. The van der Waals surface area contributed by atoms with Crippen LogP contribution in [0.3, 0.4) is 0 Å². The third-order valence-electron chi connectivity index (χ3n) is 3.18. The van der Waals surface area contributed by atoms with Gasteiger partial charge in [0.2, 0.25) is 0 Å².